The van der Waals surface area contributed by atoms with Crippen LogP contribution in [0.15, 0.2) is 53.2 Å². The highest BCUT2D eigenvalue weighted by Gasteiger charge is 2.22. The molecule has 1 N–H and O–H groups in total. The maximum absolute atomic E-state index is 5.70. The highest BCUT2D eigenvalue weighted by Crippen LogP contribution is 2.29. The Morgan fingerprint density at radius 2 is 2.04 bits per heavy atom. The lowest BCUT2D eigenvalue weighted by molar-refractivity contribution is 0.288. The first-order valence-corrected chi connectivity index (χ1v) is 8.07. The van der Waals surface area contributed by atoms with Crippen molar-refractivity contribution in [2.75, 3.05) is 11.9 Å². The summed E-state index contributed by atoms with van der Waals surface area (Å²) in [6.07, 6.45) is 4.29. The van der Waals surface area contributed by atoms with Crippen molar-refractivity contribution in [3.8, 4) is 17.3 Å². The van der Waals surface area contributed by atoms with Gasteiger partial charge in [0.2, 0.25) is 5.88 Å². The van der Waals surface area contributed by atoms with Gasteiger partial charge in [-0.15, -0.1) is 0 Å². The molecule has 24 heavy (non-hydrogen) atoms. The van der Waals surface area contributed by atoms with E-state index >= 15 is 0 Å². The third-order valence-electron chi connectivity index (χ3n) is 3.86. The van der Waals surface area contributed by atoms with Crippen molar-refractivity contribution in [3.63, 3.8) is 0 Å². The van der Waals surface area contributed by atoms with E-state index in [0.717, 1.165) is 17.7 Å². The number of aromatic nitrogens is 3. The van der Waals surface area contributed by atoms with Crippen LogP contribution >= 0.6 is 0 Å². The van der Waals surface area contributed by atoms with Crippen molar-refractivity contribution >= 4 is 5.95 Å². The summed E-state index contributed by atoms with van der Waals surface area (Å²) in [6.45, 7) is 1.34. The van der Waals surface area contributed by atoms with Gasteiger partial charge in [-0.05, 0) is 47.7 Å². The third-order valence-corrected chi connectivity index (χ3v) is 3.86. The molecule has 0 radical (unpaired) electrons. The Bertz CT molecular complexity index is 800. The number of anilines is 1. The second kappa shape index (κ2) is 6.70. The number of rotatable bonds is 7. The van der Waals surface area contributed by atoms with E-state index in [1.165, 1.54) is 12.8 Å². The lowest BCUT2D eigenvalue weighted by atomic mass is 10.2. The predicted octanol–water partition coefficient (Wildman–Crippen LogP) is 3.53. The van der Waals surface area contributed by atoms with Crippen LogP contribution in [0.5, 0.6) is 5.88 Å². The Morgan fingerprint density at radius 1 is 1.17 bits per heavy atom. The van der Waals surface area contributed by atoms with Crippen molar-refractivity contribution in [1.29, 1.82) is 0 Å². The van der Waals surface area contributed by atoms with Gasteiger partial charge < -0.3 is 14.6 Å². The summed E-state index contributed by atoms with van der Waals surface area (Å²) in [5.74, 6) is 2.34. The monoisotopic (exact) mass is 322 g/mol. The zero-order valence-electron chi connectivity index (χ0n) is 13.2. The molecule has 1 aliphatic carbocycles. The maximum Gasteiger partial charge on any atom is 0.264 e. The molecule has 122 valence electrons. The molecule has 2 heterocycles. The van der Waals surface area contributed by atoms with Gasteiger partial charge >= 0.3 is 0 Å². The number of nitrogens with zero attached hydrogens (tertiary/aromatic N) is 3. The Hall–Kier alpha value is -2.89. The van der Waals surface area contributed by atoms with Crippen LogP contribution in [0.25, 0.3) is 11.5 Å². The van der Waals surface area contributed by atoms with E-state index in [0.29, 0.717) is 30.2 Å². The number of hydrogen-bond acceptors (Lipinski definition) is 6. The van der Waals surface area contributed by atoms with Crippen LogP contribution in [0.4, 0.5) is 5.95 Å². The first kappa shape index (κ1) is 14.7. The summed E-state index contributed by atoms with van der Waals surface area (Å²) < 4.78 is 11.0. The van der Waals surface area contributed by atoms with Gasteiger partial charge in [0, 0.05) is 24.4 Å². The molecular weight excluding hydrogens is 304 g/mol. The molecule has 0 atom stereocenters. The van der Waals surface area contributed by atoms with Crippen LogP contribution < -0.4 is 10.1 Å². The molecule has 0 unspecified atom stereocenters. The van der Waals surface area contributed by atoms with Gasteiger partial charge in [0.1, 0.15) is 0 Å². The van der Waals surface area contributed by atoms with Gasteiger partial charge in [0.15, 0.2) is 0 Å². The summed E-state index contributed by atoms with van der Waals surface area (Å²) in [7, 11) is 0. The van der Waals surface area contributed by atoms with Crippen molar-refractivity contribution < 1.29 is 9.26 Å². The zero-order valence-corrected chi connectivity index (χ0v) is 13.2. The number of ether oxygens (including phenoxy) is 1. The average molecular weight is 322 g/mol. The number of benzene rings is 1. The molecule has 1 fully saturated rings. The van der Waals surface area contributed by atoms with E-state index in [-0.39, 0.29) is 0 Å². The normalized spacial score (nSPS) is 13.7. The van der Waals surface area contributed by atoms with E-state index in [1.54, 1.807) is 6.20 Å². The standard InChI is InChI=1S/C18H18N4O2/c1-2-4-15(5-3-1)17-21-18(22-24-17)20-11-14-8-9-19-16(10-14)23-12-13-6-7-13/h1-5,8-10,13H,6-7,11-12H2,(H,20,22). The van der Waals surface area contributed by atoms with Gasteiger partial charge in [-0.25, -0.2) is 4.98 Å². The topological polar surface area (TPSA) is 73.1 Å². The molecule has 0 amide bonds. The van der Waals surface area contributed by atoms with Crippen LogP contribution in [0.3, 0.4) is 0 Å². The molecule has 4 rings (SSSR count). The summed E-state index contributed by atoms with van der Waals surface area (Å²) in [6, 6.07) is 13.6. The quantitative estimate of drug-likeness (QED) is 0.717. The van der Waals surface area contributed by atoms with Gasteiger partial charge in [-0.1, -0.05) is 18.2 Å². The molecule has 1 saturated carbocycles. The van der Waals surface area contributed by atoms with E-state index < -0.39 is 0 Å². The van der Waals surface area contributed by atoms with Crippen molar-refractivity contribution in [2.24, 2.45) is 5.92 Å². The van der Waals surface area contributed by atoms with Crippen LogP contribution in [-0.2, 0) is 6.54 Å². The number of pyridine rings is 1. The Kier molecular flexibility index (Phi) is 4.10. The fourth-order valence-electron chi connectivity index (χ4n) is 2.30. The van der Waals surface area contributed by atoms with Gasteiger partial charge in [-0.2, -0.15) is 4.98 Å². The SMILES string of the molecule is c1ccc(-c2nc(NCc3ccnc(OCC4CC4)c3)no2)cc1. The molecule has 0 spiro atoms. The molecule has 6 nitrogen and oxygen atoms in total. The molecule has 0 bridgehead atoms. The molecule has 0 saturated heterocycles. The fourth-order valence-corrected chi connectivity index (χ4v) is 2.30. The Balaban J connectivity index is 1.36. The Morgan fingerprint density at radius 3 is 2.88 bits per heavy atom. The van der Waals surface area contributed by atoms with Gasteiger partial charge in [-0.3, -0.25) is 0 Å². The first-order chi connectivity index (χ1) is 11.9. The minimum Gasteiger partial charge on any atom is -0.477 e. The highest BCUT2D eigenvalue weighted by molar-refractivity contribution is 5.53. The van der Waals surface area contributed by atoms with Crippen LogP contribution in [0.2, 0.25) is 0 Å². The minimum absolute atomic E-state index is 0.464. The largest absolute Gasteiger partial charge is 0.477 e. The predicted molar refractivity (Wildman–Crippen MR) is 89.5 cm³/mol. The smallest absolute Gasteiger partial charge is 0.264 e. The van der Waals surface area contributed by atoms with E-state index in [4.69, 9.17) is 9.26 Å². The average Bonchev–Trinajstić information content (AvgIpc) is 3.35. The lowest BCUT2D eigenvalue weighted by Gasteiger charge is -2.06. The molecule has 1 aliphatic rings. The van der Waals surface area contributed by atoms with Crippen LogP contribution in [-0.4, -0.2) is 21.7 Å². The molecule has 3 aromatic rings. The maximum atomic E-state index is 5.70. The summed E-state index contributed by atoms with van der Waals surface area (Å²) in [4.78, 5) is 8.59. The van der Waals surface area contributed by atoms with E-state index in [9.17, 15) is 0 Å². The van der Waals surface area contributed by atoms with E-state index in [1.807, 2.05) is 42.5 Å². The summed E-state index contributed by atoms with van der Waals surface area (Å²) in [5, 5.41) is 7.11. The molecule has 6 heteroatoms. The molecule has 1 aromatic carbocycles. The van der Waals surface area contributed by atoms with Crippen molar-refractivity contribution in [1.82, 2.24) is 15.1 Å². The highest BCUT2D eigenvalue weighted by atomic mass is 16.5. The molecular formula is C18H18N4O2. The summed E-state index contributed by atoms with van der Waals surface area (Å²) in [5.41, 5.74) is 1.96. The molecule has 0 aliphatic heterocycles. The number of hydrogen-bond donors (Lipinski definition) is 1. The first-order valence-electron chi connectivity index (χ1n) is 8.07. The van der Waals surface area contributed by atoms with Gasteiger partial charge in [0.25, 0.3) is 11.8 Å². The van der Waals surface area contributed by atoms with Crippen LogP contribution in [0.1, 0.15) is 18.4 Å². The second-order valence-electron chi connectivity index (χ2n) is 5.90. The minimum atomic E-state index is 0.464. The second-order valence-corrected chi connectivity index (χ2v) is 5.90. The van der Waals surface area contributed by atoms with Crippen LogP contribution in [0, 0.1) is 5.92 Å². The molecule has 2 aromatic heterocycles. The van der Waals surface area contributed by atoms with E-state index in [2.05, 4.69) is 20.4 Å². The summed E-state index contributed by atoms with van der Waals surface area (Å²) >= 11 is 0. The van der Waals surface area contributed by atoms with Gasteiger partial charge in [0.05, 0.1) is 6.61 Å². The lowest BCUT2D eigenvalue weighted by Crippen LogP contribution is -2.04. The zero-order chi connectivity index (χ0) is 16.2. The fraction of sp³-hybridized carbons (Fsp3) is 0.278. The van der Waals surface area contributed by atoms with Crippen molar-refractivity contribution in [3.05, 3.63) is 54.2 Å². The Labute approximate surface area is 139 Å². The number of nitrogens with one attached hydrogen (secondary N) is 1. The third kappa shape index (κ3) is 3.71. The van der Waals surface area contributed by atoms with Crippen molar-refractivity contribution in [2.45, 2.75) is 19.4 Å².